The van der Waals surface area contributed by atoms with Crippen molar-refractivity contribution in [3.8, 4) is 22.8 Å². The molecule has 0 atom stereocenters. The van der Waals surface area contributed by atoms with Crippen LogP contribution in [0.5, 0.6) is 0 Å². The maximum Gasteiger partial charge on any atom is 0.271 e. The molecule has 0 amide bonds. The van der Waals surface area contributed by atoms with Crippen LogP contribution in [0, 0.1) is 0 Å². The monoisotopic (exact) mass is 417 g/mol. The molecule has 0 aliphatic heterocycles. The van der Waals surface area contributed by atoms with Gasteiger partial charge < -0.3 is 4.52 Å². The Balaban J connectivity index is 1.56. The smallest absolute Gasteiger partial charge is 0.271 e. The summed E-state index contributed by atoms with van der Waals surface area (Å²) >= 11 is 7.30. The molecule has 9 heteroatoms. The molecule has 1 N–H and O–H groups in total. The fourth-order valence-electron chi connectivity index (χ4n) is 2.39. The maximum atomic E-state index is 12.3. The highest BCUT2D eigenvalue weighted by molar-refractivity contribution is 7.94. The van der Waals surface area contributed by atoms with Crippen molar-refractivity contribution in [2.24, 2.45) is 0 Å². The first-order valence-corrected chi connectivity index (χ1v) is 10.5. The van der Waals surface area contributed by atoms with Gasteiger partial charge in [0.1, 0.15) is 4.21 Å². The third-order valence-corrected chi connectivity index (χ3v) is 6.79. The minimum atomic E-state index is -3.58. The van der Waals surface area contributed by atoms with Gasteiger partial charge >= 0.3 is 0 Å². The number of anilines is 1. The van der Waals surface area contributed by atoms with Crippen molar-refractivity contribution in [3.05, 3.63) is 71.1 Å². The molecule has 0 saturated carbocycles. The van der Waals surface area contributed by atoms with Crippen LogP contribution in [0.3, 0.4) is 0 Å². The predicted octanol–water partition coefficient (Wildman–Crippen LogP) is 4.92. The molecule has 0 fully saturated rings. The highest BCUT2D eigenvalue weighted by Crippen LogP contribution is 2.28. The molecule has 2 aromatic heterocycles. The molecule has 0 saturated heterocycles. The normalized spacial score (nSPS) is 11.4. The third-order valence-electron chi connectivity index (χ3n) is 3.69. The van der Waals surface area contributed by atoms with Gasteiger partial charge in [0, 0.05) is 11.3 Å². The zero-order valence-corrected chi connectivity index (χ0v) is 16.1. The highest BCUT2D eigenvalue weighted by atomic mass is 35.5. The molecule has 2 aromatic carbocycles. The summed E-state index contributed by atoms with van der Waals surface area (Å²) in [6.45, 7) is 0. The van der Waals surface area contributed by atoms with E-state index in [1.807, 2.05) is 12.1 Å². The number of nitrogens with one attached hydrogen (secondary N) is 1. The van der Waals surface area contributed by atoms with Crippen LogP contribution >= 0.6 is 22.9 Å². The fraction of sp³-hybridized carbons (Fsp3) is 0. The molecule has 4 aromatic rings. The maximum absolute atomic E-state index is 12.3. The minimum Gasteiger partial charge on any atom is -0.334 e. The van der Waals surface area contributed by atoms with Crippen LogP contribution in [0.4, 0.5) is 5.69 Å². The van der Waals surface area contributed by atoms with E-state index in [2.05, 4.69) is 14.9 Å². The first-order valence-electron chi connectivity index (χ1n) is 7.78. The number of rotatable bonds is 5. The average molecular weight is 418 g/mol. The quantitative estimate of drug-likeness (QED) is 0.498. The van der Waals surface area contributed by atoms with Crippen molar-refractivity contribution in [2.45, 2.75) is 4.21 Å². The van der Waals surface area contributed by atoms with E-state index in [4.69, 9.17) is 16.1 Å². The number of aromatic nitrogens is 2. The summed E-state index contributed by atoms with van der Waals surface area (Å²) in [5.41, 5.74) is 1.79. The first-order chi connectivity index (χ1) is 13.0. The van der Waals surface area contributed by atoms with Gasteiger partial charge in [0.05, 0.1) is 10.6 Å². The molecule has 136 valence electrons. The van der Waals surface area contributed by atoms with Crippen LogP contribution in [0.25, 0.3) is 22.8 Å². The lowest BCUT2D eigenvalue weighted by Gasteiger charge is -2.06. The minimum absolute atomic E-state index is 0.258. The number of thiophene rings is 1. The van der Waals surface area contributed by atoms with Gasteiger partial charge in [-0.1, -0.05) is 35.0 Å². The van der Waals surface area contributed by atoms with E-state index in [1.54, 1.807) is 53.9 Å². The Bertz CT molecular complexity index is 1170. The second-order valence-corrected chi connectivity index (χ2v) is 8.78. The number of hydrogen-bond donors (Lipinski definition) is 1. The number of benzene rings is 2. The Hall–Kier alpha value is -2.68. The lowest BCUT2D eigenvalue weighted by molar-refractivity contribution is 0.432. The van der Waals surface area contributed by atoms with Gasteiger partial charge in [-0.05, 0) is 47.8 Å². The van der Waals surface area contributed by atoms with Crippen molar-refractivity contribution < 1.29 is 12.9 Å². The Labute approximate surface area is 164 Å². The van der Waals surface area contributed by atoms with Gasteiger partial charge in [-0.2, -0.15) is 4.98 Å². The van der Waals surface area contributed by atoms with Gasteiger partial charge in [0.2, 0.25) is 5.82 Å². The number of sulfonamides is 1. The second-order valence-electron chi connectivity index (χ2n) is 5.52. The molecular formula is C18H12ClN3O3S2. The lowest BCUT2D eigenvalue weighted by Crippen LogP contribution is -2.11. The summed E-state index contributed by atoms with van der Waals surface area (Å²) in [5.74, 6) is 0.704. The van der Waals surface area contributed by atoms with Crippen LogP contribution in [0.15, 0.2) is 74.8 Å². The zero-order valence-electron chi connectivity index (χ0n) is 13.7. The van der Waals surface area contributed by atoms with Crippen LogP contribution in [-0.4, -0.2) is 18.6 Å². The van der Waals surface area contributed by atoms with Crippen molar-refractivity contribution >= 4 is 38.6 Å². The Morgan fingerprint density at radius 3 is 2.48 bits per heavy atom. The van der Waals surface area contributed by atoms with E-state index in [1.165, 1.54) is 0 Å². The topological polar surface area (TPSA) is 85.1 Å². The largest absolute Gasteiger partial charge is 0.334 e. The summed E-state index contributed by atoms with van der Waals surface area (Å²) in [4.78, 5) is 4.36. The van der Waals surface area contributed by atoms with Crippen molar-refractivity contribution in [1.29, 1.82) is 0 Å². The zero-order chi connectivity index (χ0) is 18.9. The van der Waals surface area contributed by atoms with Gasteiger partial charge in [-0.15, -0.1) is 11.3 Å². The molecule has 4 rings (SSSR count). The van der Waals surface area contributed by atoms with Crippen LogP contribution in [-0.2, 0) is 10.0 Å². The molecule has 2 heterocycles. The highest BCUT2D eigenvalue weighted by Gasteiger charge is 2.16. The van der Waals surface area contributed by atoms with Gasteiger partial charge in [0.15, 0.2) is 0 Å². The Kier molecular flexibility index (Phi) is 4.69. The number of halogens is 1. The van der Waals surface area contributed by atoms with Crippen molar-refractivity contribution in [1.82, 2.24) is 10.1 Å². The predicted molar refractivity (Wildman–Crippen MR) is 105 cm³/mol. The number of hydrogen-bond acceptors (Lipinski definition) is 6. The van der Waals surface area contributed by atoms with Crippen LogP contribution in [0.1, 0.15) is 0 Å². The van der Waals surface area contributed by atoms with Crippen LogP contribution in [0.2, 0.25) is 5.02 Å². The fourth-order valence-corrected chi connectivity index (χ4v) is 4.66. The van der Waals surface area contributed by atoms with Crippen LogP contribution < -0.4 is 4.72 Å². The standard InChI is InChI=1S/C18H12ClN3O3S2/c19-15-5-2-1-4-14(15)18-20-17(21-25-18)12-7-9-13(10-8-12)22-27(23,24)16-6-3-11-26-16/h1-11,22H. The summed E-state index contributed by atoms with van der Waals surface area (Å²) in [7, 11) is -3.58. The molecule has 0 aliphatic carbocycles. The SMILES string of the molecule is O=S(=O)(Nc1ccc(-c2noc(-c3ccccc3Cl)n2)cc1)c1cccs1. The lowest BCUT2D eigenvalue weighted by atomic mass is 10.2. The van der Waals surface area contributed by atoms with Gasteiger partial charge in [-0.3, -0.25) is 4.72 Å². The van der Waals surface area contributed by atoms with E-state index in [0.29, 0.717) is 33.6 Å². The third kappa shape index (κ3) is 3.73. The number of nitrogens with zero attached hydrogens (tertiary/aromatic N) is 2. The van der Waals surface area contributed by atoms with E-state index in [9.17, 15) is 8.42 Å². The van der Waals surface area contributed by atoms with E-state index in [0.717, 1.165) is 11.3 Å². The molecule has 0 spiro atoms. The summed E-state index contributed by atoms with van der Waals surface area (Å²) < 4.78 is 32.6. The van der Waals surface area contributed by atoms with E-state index >= 15 is 0 Å². The average Bonchev–Trinajstić information content (AvgIpc) is 3.35. The Morgan fingerprint density at radius 1 is 1.00 bits per heavy atom. The second kappa shape index (κ2) is 7.15. The van der Waals surface area contributed by atoms with Gasteiger partial charge in [-0.25, -0.2) is 8.42 Å². The van der Waals surface area contributed by atoms with Gasteiger partial charge in [0.25, 0.3) is 15.9 Å². The van der Waals surface area contributed by atoms with Crippen molar-refractivity contribution in [3.63, 3.8) is 0 Å². The van der Waals surface area contributed by atoms with E-state index < -0.39 is 10.0 Å². The molecular weight excluding hydrogens is 406 g/mol. The molecule has 27 heavy (non-hydrogen) atoms. The summed E-state index contributed by atoms with van der Waals surface area (Å²) in [5, 5.41) is 6.20. The summed E-state index contributed by atoms with van der Waals surface area (Å²) in [6.07, 6.45) is 0. The van der Waals surface area contributed by atoms with E-state index in [-0.39, 0.29) is 4.21 Å². The molecule has 0 bridgehead atoms. The molecule has 0 radical (unpaired) electrons. The molecule has 0 aliphatic rings. The summed E-state index contributed by atoms with van der Waals surface area (Å²) in [6, 6.07) is 17.2. The molecule has 6 nitrogen and oxygen atoms in total. The van der Waals surface area contributed by atoms with Crippen molar-refractivity contribution in [2.75, 3.05) is 4.72 Å². The first kappa shape index (κ1) is 17.7. The molecule has 0 unspecified atom stereocenters. The Morgan fingerprint density at radius 2 is 1.78 bits per heavy atom.